The first-order valence-corrected chi connectivity index (χ1v) is 7.14. The van der Waals surface area contributed by atoms with Gasteiger partial charge in [-0.05, 0) is 52.3 Å². The van der Waals surface area contributed by atoms with E-state index in [0.717, 1.165) is 16.6 Å². The Labute approximate surface area is 135 Å². The van der Waals surface area contributed by atoms with Crippen molar-refractivity contribution in [2.75, 3.05) is 0 Å². The van der Waals surface area contributed by atoms with E-state index < -0.39 is 17.3 Å². The fourth-order valence-electron chi connectivity index (χ4n) is 1.61. The van der Waals surface area contributed by atoms with Gasteiger partial charge in [0.25, 0.3) is 0 Å². The summed E-state index contributed by atoms with van der Waals surface area (Å²) in [5.74, 6) is 0.587. The molecule has 0 aliphatic heterocycles. The molecule has 0 fully saturated rings. The lowest BCUT2D eigenvalue weighted by molar-refractivity contribution is -0.137. The summed E-state index contributed by atoms with van der Waals surface area (Å²) in [4.78, 5) is 0. The van der Waals surface area contributed by atoms with Crippen molar-refractivity contribution >= 4 is 31.9 Å². The van der Waals surface area contributed by atoms with Crippen LogP contribution in [-0.4, -0.2) is 0 Å². The van der Waals surface area contributed by atoms with Crippen molar-refractivity contribution in [2.24, 2.45) is 0 Å². The molecule has 0 aliphatic carbocycles. The standard InChI is InChI=1S/C14H6Br2F3NO/c15-9-1-4-13(12(16)6-9)21-10-2-3-11(14(17,18)19)8(5-10)7-20/h1-6H. The lowest BCUT2D eigenvalue weighted by atomic mass is 10.1. The van der Waals surface area contributed by atoms with Gasteiger partial charge < -0.3 is 4.74 Å². The molecular weight excluding hydrogens is 415 g/mol. The van der Waals surface area contributed by atoms with Gasteiger partial charge in [-0.15, -0.1) is 0 Å². The van der Waals surface area contributed by atoms with Gasteiger partial charge in [-0.25, -0.2) is 0 Å². The number of hydrogen-bond acceptors (Lipinski definition) is 2. The van der Waals surface area contributed by atoms with Gasteiger partial charge in [0.05, 0.1) is 21.7 Å². The van der Waals surface area contributed by atoms with Crippen LogP contribution in [0.15, 0.2) is 45.3 Å². The molecule has 21 heavy (non-hydrogen) atoms. The molecule has 0 aliphatic rings. The Kier molecular flexibility index (Phi) is 4.59. The minimum atomic E-state index is -4.57. The Bertz CT molecular complexity index is 723. The molecule has 0 atom stereocenters. The summed E-state index contributed by atoms with van der Waals surface area (Å²) in [6.45, 7) is 0. The highest BCUT2D eigenvalue weighted by Gasteiger charge is 2.33. The highest BCUT2D eigenvalue weighted by molar-refractivity contribution is 9.11. The second-order valence-corrected chi connectivity index (χ2v) is 5.76. The SMILES string of the molecule is N#Cc1cc(Oc2ccc(Br)cc2Br)ccc1C(F)(F)F. The van der Waals surface area contributed by atoms with Crippen LogP contribution < -0.4 is 4.74 Å². The molecular formula is C14H6Br2F3NO. The first-order chi connectivity index (χ1) is 9.81. The topological polar surface area (TPSA) is 33.0 Å². The molecule has 2 rings (SSSR count). The van der Waals surface area contributed by atoms with Crippen molar-refractivity contribution in [1.82, 2.24) is 0 Å². The number of ether oxygens (including phenoxy) is 1. The molecule has 0 saturated heterocycles. The van der Waals surface area contributed by atoms with E-state index in [1.54, 1.807) is 18.2 Å². The summed E-state index contributed by atoms with van der Waals surface area (Å²) in [5.41, 5.74) is -1.46. The number of nitriles is 1. The van der Waals surface area contributed by atoms with E-state index in [-0.39, 0.29) is 5.75 Å². The summed E-state index contributed by atoms with van der Waals surface area (Å²) in [5, 5.41) is 8.84. The van der Waals surface area contributed by atoms with Gasteiger partial charge in [-0.1, -0.05) is 15.9 Å². The third-order valence-electron chi connectivity index (χ3n) is 2.54. The van der Waals surface area contributed by atoms with Crippen LogP contribution in [-0.2, 0) is 6.18 Å². The second-order valence-electron chi connectivity index (χ2n) is 3.99. The summed E-state index contributed by atoms with van der Waals surface area (Å²) < 4.78 is 45.0. The van der Waals surface area contributed by atoms with Crippen molar-refractivity contribution in [2.45, 2.75) is 6.18 Å². The zero-order valence-electron chi connectivity index (χ0n) is 10.2. The van der Waals surface area contributed by atoms with Crippen molar-refractivity contribution in [3.05, 3.63) is 56.5 Å². The zero-order chi connectivity index (χ0) is 15.6. The highest BCUT2D eigenvalue weighted by Crippen LogP contribution is 2.36. The Morgan fingerprint density at radius 1 is 1.05 bits per heavy atom. The Morgan fingerprint density at radius 3 is 2.33 bits per heavy atom. The normalized spacial score (nSPS) is 11.0. The largest absolute Gasteiger partial charge is 0.456 e. The third kappa shape index (κ3) is 3.77. The summed E-state index contributed by atoms with van der Waals surface area (Å²) in [6, 6.07) is 9.74. The van der Waals surface area contributed by atoms with Crippen molar-refractivity contribution in [1.29, 1.82) is 5.26 Å². The van der Waals surface area contributed by atoms with E-state index in [4.69, 9.17) is 10.00 Å². The average Bonchev–Trinajstić information content (AvgIpc) is 2.40. The van der Waals surface area contributed by atoms with E-state index in [0.29, 0.717) is 10.2 Å². The van der Waals surface area contributed by atoms with E-state index in [1.165, 1.54) is 12.1 Å². The minimum Gasteiger partial charge on any atom is -0.456 e. The van der Waals surface area contributed by atoms with Crippen LogP contribution in [0.5, 0.6) is 11.5 Å². The predicted octanol–water partition coefficient (Wildman–Crippen LogP) is 5.89. The Morgan fingerprint density at radius 2 is 1.76 bits per heavy atom. The summed E-state index contributed by atoms with van der Waals surface area (Å²) in [7, 11) is 0. The van der Waals surface area contributed by atoms with Crippen molar-refractivity contribution in [3.8, 4) is 17.6 Å². The molecule has 0 saturated carbocycles. The Hall–Kier alpha value is -1.52. The fourth-order valence-corrected chi connectivity index (χ4v) is 2.74. The third-order valence-corrected chi connectivity index (χ3v) is 3.65. The summed E-state index contributed by atoms with van der Waals surface area (Å²) >= 11 is 6.57. The first kappa shape index (κ1) is 15.9. The van der Waals surface area contributed by atoms with Crippen LogP contribution in [0.3, 0.4) is 0 Å². The van der Waals surface area contributed by atoms with Crippen LogP contribution in [0, 0.1) is 11.3 Å². The number of hydrogen-bond donors (Lipinski definition) is 0. The van der Waals surface area contributed by atoms with Crippen LogP contribution >= 0.6 is 31.9 Å². The molecule has 7 heteroatoms. The van der Waals surface area contributed by atoms with Crippen LogP contribution in [0.25, 0.3) is 0 Å². The van der Waals surface area contributed by atoms with Crippen LogP contribution in [0.4, 0.5) is 13.2 Å². The molecule has 0 bridgehead atoms. The van der Waals surface area contributed by atoms with Gasteiger partial charge in [0.2, 0.25) is 0 Å². The maximum atomic E-state index is 12.7. The van der Waals surface area contributed by atoms with Gasteiger partial charge in [0.1, 0.15) is 11.5 Å². The van der Waals surface area contributed by atoms with Crippen molar-refractivity contribution < 1.29 is 17.9 Å². The van der Waals surface area contributed by atoms with Crippen molar-refractivity contribution in [3.63, 3.8) is 0 Å². The van der Waals surface area contributed by atoms with E-state index in [9.17, 15) is 13.2 Å². The molecule has 0 unspecified atom stereocenters. The van der Waals surface area contributed by atoms with Gasteiger partial charge in [-0.3, -0.25) is 0 Å². The molecule has 2 nitrogen and oxygen atoms in total. The maximum absolute atomic E-state index is 12.7. The molecule has 2 aromatic carbocycles. The van der Waals surface area contributed by atoms with Gasteiger partial charge in [0, 0.05) is 4.47 Å². The molecule has 0 heterocycles. The molecule has 0 radical (unpaired) electrons. The van der Waals surface area contributed by atoms with Crippen LogP contribution in [0.2, 0.25) is 0 Å². The zero-order valence-corrected chi connectivity index (χ0v) is 13.4. The number of benzene rings is 2. The number of rotatable bonds is 2. The second kappa shape index (κ2) is 6.08. The molecule has 108 valence electrons. The lowest BCUT2D eigenvalue weighted by Gasteiger charge is -2.12. The fraction of sp³-hybridized carbons (Fsp3) is 0.0714. The molecule has 0 N–H and O–H groups in total. The van der Waals surface area contributed by atoms with Gasteiger partial charge in [-0.2, -0.15) is 18.4 Å². The average molecular weight is 421 g/mol. The predicted molar refractivity (Wildman–Crippen MR) is 78.1 cm³/mol. The number of nitrogens with zero attached hydrogens (tertiary/aromatic N) is 1. The maximum Gasteiger partial charge on any atom is 0.417 e. The molecule has 0 amide bonds. The number of alkyl halides is 3. The Balaban J connectivity index is 2.36. The van der Waals surface area contributed by atoms with E-state index in [2.05, 4.69) is 31.9 Å². The molecule has 0 aromatic heterocycles. The quantitative estimate of drug-likeness (QED) is 0.606. The monoisotopic (exact) mass is 419 g/mol. The lowest BCUT2D eigenvalue weighted by Crippen LogP contribution is -2.07. The minimum absolute atomic E-state index is 0.155. The molecule has 2 aromatic rings. The van der Waals surface area contributed by atoms with Gasteiger partial charge >= 0.3 is 6.18 Å². The summed E-state index contributed by atoms with van der Waals surface area (Å²) in [6.07, 6.45) is -4.57. The van der Waals surface area contributed by atoms with E-state index in [1.807, 2.05) is 0 Å². The first-order valence-electron chi connectivity index (χ1n) is 5.55. The van der Waals surface area contributed by atoms with E-state index >= 15 is 0 Å². The highest BCUT2D eigenvalue weighted by atomic mass is 79.9. The molecule has 0 spiro atoms. The smallest absolute Gasteiger partial charge is 0.417 e. The number of halogens is 5. The van der Waals surface area contributed by atoms with Gasteiger partial charge in [0.15, 0.2) is 0 Å². The van der Waals surface area contributed by atoms with Crippen LogP contribution in [0.1, 0.15) is 11.1 Å².